The molecule has 0 bridgehead atoms. The van der Waals surface area contributed by atoms with Crippen LogP contribution in [0, 0.1) is 5.41 Å². The number of rotatable bonds is 3. The lowest BCUT2D eigenvalue weighted by atomic mass is 9.76. The Bertz CT molecular complexity index is 640. The van der Waals surface area contributed by atoms with Crippen molar-refractivity contribution >= 4 is 5.91 Å². The standard InChI is InChI=1S/C20H28N2O4/c23-16-3-1-15(2-4-16)19(25)22-9-6-20(7-10-22)11-18(26-14-20)13-21-8-5-17(24)12-21/h1-4,17-18,23-24H,5-14H2/t17-,18-/m0/s1. The molecule has 1 aromatic rings. The number of aromatic hydroxyl groups is 1. The molecular formula is C20H28N2O4. The molecule has 2 N–H and O–H groups in total. The van der Waals surface area contributed by atoms with Gasteiger partial charge in [0.15, 0.2) is 0 Å². The molecule has 26 heavy (non-hydrogen) atoms. The normalized spacial score (nSPS) is 28.7. The smallest absolute Gasteiger partial charge is 0.253 e. The van der Waals surface area contributed by atoms with Crippen LogP contribution in [0.5, 0.6) is 5.75 Å². The summed E-state index contributed by atoms with van der Waals surface area (Å²) >= 11 is 0. The van der Waals surface area contributed by atoms with Gasteiger partial charge in [0.05, 0.1) is 18.8 Å². The maximum absolute atomic E-state index is 12.6. The van der Waals surface area contributed by atoms with Gasteiger partial charge in [-0.15, -0.1) is 0 Å². The molecule has 0 aliphatic carbocycles. The van der Waals surface area contributed by atoms with Gasteiger partial charge in [-0.25, -0.2) is 0 Å². The number of carbonyl (C=O) groups excluding carboxylic acids is 1. The number of aliphatic hydroxyl groups excluding tert-OH is 1. The summed E-state index contributed by atoms with van der Waals surface area (Å²) in [6.07, 6.45) is 3.96. The first kappa shape index (κ1) is 17.8. The van der Waals surface area contributed by atoms with Crippen molar-refractivity contribution < 1.29 is 19.7 Å². The second-order valence-electron chi connectivity index (χ2n) is 8.18. The van der Waals surface area contributed by atoms with E-state index in [1.54, 1.807) is 24.3 Å². The van der Waals surface area contributed by atoms with Gasteiger partial charge in [-0.3, -0.25) is 9.69 Å². The SMILES string of the molecule is O=C(c1ccc(O)cc1)N1CCC2(CC1)CO[C@H](CN1CC[C@H](O)C1)C2. The molecule has 6 heteroatoms. The molecule has 4 rings (SSSR count). The third-order valence-electron chi connectivity index (χ3n) is 6.22. The largest absolute Gasteiger partial charge is 0.508 e. The zero-order chi connectivity index (χ0) is 18.1. The Morgan fingerprint density at radius 3 is 2.58 bits per heavy atom. The molecule has 6 nitrogen and oxygen atoms in total. The fourth-order valence-electron chi connectivity index (χ4n) is 4.60. The number of phenolic OH excluding ortho intramolecular Hbond substituents is 1. The molecule has 3 aliphatic heterocycles. The van der Waals surface area contributed by atoms with Crippen molar-refractivity contribution in [3.8, 4) is 5.75 Å². The van der Waals surface area contributed by atoms with E-state index in [0.29, 0.717) is 5.56 Å². The first-order valence-corrected chi connectivity index (χ1v) is 9.63. The lowest BCUT2D eigenvalue weighted by Crippen LogP contribution is -2.43. The van der Waals surface area contributed by atoms with E-state index in [-0.39, 0.29) is 29.3 Å². The molecule has 0 saturated carbocycles. The molecule has 3 aliphatic rings. The van der Waals surface area contributed by atoms with E-state index in [1.807, 2.05) is 4.90 Å². The highest BCUT2D eigenvalue weighted by Gasteiger charge is 2.43. The van der Waals surface area contributed by atoms with Crippen LogP contribution in [-0.4, -0.2) is 77.5 Å². The Morgan fingerprint density at radius 1 is 1.19 bits per heavy atom. The van der Waals surface area contributed by atoms with E-state index < -0.39 is 0 Å². The van der Waals surface area contributed by atoms with Gasteiger partial charge in [0.1, 0.15) is 5.75 Å². The summed E-state index contributed by atoms with van der Waals surface area (Å²) in [6, 6.07) is 6.48. The molecule has 3 heterocycles. The summed E-state index contributed by atoms with van der Waals surface area (Å²) in [5.74, 6) is 0.222. The van der Waals surface area contributed by atoms with Crippen molar-refractivity contribution in [3.63, 3.8) is 0 Å². The number of hydrogen-bond acceptors (Lipinski definition) is 5. The summed E-state index contributed by atoms with van der Waals surface area (Å²) < 4.78 is 6.08. The van der Waals surface area contributed by atoms with E-state index in [4.69, 9.17) is 4.74 Å². The number of aliphatic hydroxyl groups is 1. The Labute approximate surface area is 154 Å². The first-order valence-electron chi connectivity index (χ1n) is 9.63. The van der Waals surface area contributed by atoms with Crippen LogP contribution in [0.4, 0.5) is 0 Å². The van der Waals surface area contributed by atoms with Crippen molar-refractivity contribution in [1.82, 2.24) is 9.80 Å². The molecule has 1 amide bonds. The molecule has 1 spiro atoms. The van der Waals surface area contributed by atoms with Crippen molar-refractivity contribution in [2.24, 2.45) is 5.41 Å². The molecule has 3 saturated heterocycles. The number of β-amino-alcohol motifs (C(OH)–C–C–N with tert-alkyl or cyclic N) is 1. The van der Waals surface area contributed by atoms with Crippen molar-refractivity contribution in [2.45, 2.75) is 37.9 Å². The van der Waals surface area contributed by atoms with Gasteiger partial charge >= 0.3 is 0 Å². The second kappa shape index (κ2) is 7.18. The van der Waals surface area contributed by atoms with E-state index in [9.17, 15) is 15.0 Å². The van der Waals surface area contributed by atoms with Crippen LogP contribution in [0.1, 0.15) is 36.0 Å². The summed E-state index contributed by atoms with van der Waals surface area (Å²) in [5, 5.41) is 19.0. The van der Waals surface area contributed by atoms with E-state index >= 15 is 0 Å². The Balaban J connectivity index is 1.29. The predicted molar refractivity (Wildman–Crippen MR) is 97.1 cm³/mol. The number of piperidine rings is 1. The predicted octanol–water partition coefficient (Wildman–Crippen LogP) is 1.47. The van der Waals surface area contributed by atoms with Gasteiger partial charge in [-0.2, -0.15) is 0 Å². The van der Waals surface area contributed by atoms with Crippen LogP contribution >= 0.6 is 0 Å². The van der Waals surface area contributed by atoms with Gasteiger partial charge in [0.25, 0.3) is 5.91 Å². The van der Waals surface area contributed by atoms with Crippen molar-refractivity contribution in [2.75, 3.05) is 39.3 Å². The van der Waals surface area contributed by atoms with Gasteiger partial charge in [0, 0.05) is 38.3 Å². The number of hydrogen-bond donors (Lipinski definition) is 2. The highest BCUT2D eigenvalue weighted by atomic mass is 16.5. The molecule has 3 fully saturated rings. The minimum atomic E-state index is -0.181. The molecular weight excluding hydrogens is 332 g/mol. The molecule has 2 atom stereocenters. The van der Waals surface area contributed by atoms with Gasteiger partial charge < -0.3 is 19.8 Å². The van der Waals surface area contributed by atoms with Crippen LogP contribution < -0.4 is 0 Å². The van der Waals surface area contributed by atoms with Gasteiger partial charge in [-0.1, -0.05) is 0 Å². The second-order valence-corrected chi connectivity index (χ2v) is 8.18. The minimum absolute atomic E-state index is 0.0429. The third-order valence-corrected chi connectivity index (χ3v) is 6.22. The quantitative estimate of drug-likeness (QED) is 0.854. The van der Waals surface area contributed by atoms with Gasteiger partial charge in [-0.05, 0) is 55.4 Å². The highest BCUT2D eigenvalue weighted by Crippen LogP contribution is 2.42. The van der Waals surface area contributed by atoms with Crippen LogP contribution in [0.25, 0.3) is 0 Å². The molecule has 0 unspecified atom stereocenters. The number of likely N-dealkylation sites (tertiary alicyclic amines) is 2. The zero-order valence-electron chi connectivity index (χ0n) is 15.1. The topological polar surface area (TPSA) is 73.2 Å². The number of carbonyl (C=O) groups is 1. The summed E-state index contributed by atoms with van der Waals surface area (Å²) in [4.78, 5) is 16.8. The van der Waals surface area contributed by atoms with Gasteiger partial charge in [0.2, 0.25) is 0 Å². The minimum Gasteiger partial charge on any atom is -0.508 e. The van der Waals surface area contributed by atoms with E-state index in [2.05, 4.69) is 4.90 Å². The third kappa shape index (κ3) is 3.72. The van der Waals surface area contributed by atoms with Crippen LogP contribution in [0.15, 0.2) is 24.3 Å². The monoisotopic (exact) mass is 360 g/mol. The van der Waals surface area contributed by atoms with Crippen molar-refractivity contribution in [1.29, 1.82) is 0 Å². The van der Waals surface area contributed by atoms with E-state index in [0.717, 1.165) is 65.0 Å². The lowest BCUT2D eigenvalue weighted by molar-refractivity contribution is 0.0451. The number of nitrogens with zero attached hydrogens (tertiary/aromatic N) is 2. The maximum atomic E-state index is 12.6. The fraction of sp³-hybridized carbons (Fsp3) is 0.650. The maximum Gasteiger partial charge on any atom is 0.253 e. The molecule has 0 radical (unpaired) electrons. The van der Waals surface area contributed by atoms with E-state index in [1.165, 1.54) is 0 Å². The van der Waals surface area contributed by atoms with Crippen LogP contribution in [-0.2, 0) is 4.74 Å². The average molecular weight is 360 g/mol. The first-order chi connectivity index (χ1) is 12.5. The van der Waals surface area contributed by atoms with Crippen LogP contribution in [0.3, 0.4) is 0 Å². The number of amides is 1. The Morgan fingerprint density at radius 2 is 1.92 bits per heavy atom. The number of ether oxygens (including phenoxy) is 1. The Hall–Kier alpha value is -1.63. The summed E-state index contributed by atoms with van der Waals surface area (Å²) in [7, 11) is 0. The van der Waals surface area contributed by atoms with Crippen molar-refractivity contribution in [3.05, 3.63) is 29.8 Å². The lowest BCUT2D eigenvalue weighted by Gasteiger charge is -2.38. The van der Waals surface area contributed by atoms with Crippen LogP contribution in [0.2, 0.25) is 0 Å². The summed E-state index contributed by atoms with van der Waals surface area (Å²) in [5.41, 5.74) is 0.834. The molecule has 142 valence electrons. The molecule has 1 aromatic carbocycles. The zero-order valence-corrected chi connectivity index (χ0v) is 15.1. The average Bonchev–Trinajstić information content (AvgIpc) is 3.22. The Kier molecular flexibility index (Phi) is 4.90. The summed E-state index contributed by atoms with van der Waals surface area (Å²) in [6.45, 7) is 4.95. The fourth-order valence-corrected chi connectivity index (χ4v) is 4.60. The number of phenols is 1. The number of benzene rings is 1. The molecule has 0 aromatic heterocycles. The highest BCUT2D eigenvalue weighted by molar-refractivity contribution is 5.94.